The van der Waals surface area contributed by atoms with Gasteiger partial charge in [0.2, 0.25) is 0 Å². The van der Waals surface area contributed by atoms with Crippen LogP contribution in [-0.4, -0.2) is 27.8 Å². The largest absolute Gasteiger partial charge is 0.343 e. The van der Waals surface area contributed by atoms with Crippen LogP contribution in [0.3, 0.4) is 0 Å². The average molecular weight is 415 g/mol. The minimum atomic E-state index is -0.127. The van der Waals surface area contributed by atoms with Crippen molar-refractivity contribution in [3.05, 3.63) is 95.6 Å². The van der Waals surface area contributed by atoms with Crippen LogP contribution in [0.5, 0.6) is 0 Å². The molecule has 2 heterocycles. The molecule has 1 amide bonds. The molecule has 0 fully saturated rings. The molecule has 0 bridgehead atoms. The van der Waals surface area contributed by atoms with E-state index in [9.17, 15) is 4.79 Å². The fraction of sp³-hybridized carbons (Fsp3) is 0.192. The summed E-state index contributed by atoms with van der Waals surface area (Å²) in [4.78, 5) is 15.4. The number of rotatable bonds is 5. The summed E-state index contributed by atoms with van der Waals surface area (Å²) >= 11 is 6.02. The van der Waals surface area contributed by atoms with Gasteiger partial charge in [-0.2, -0.15) is 0 Å². The zero-order chi connectivity index (χ0) is 20.7. The molecular formula is C26H23ClN2O. The smallest absolute Gasteiger partial charge is 0.255 e. The molecule has 4 heteroatoms. The second-order valence-electron chi connectivity index (χ2n) is 7.74. The third-order valence-electron chi connectivity index (χ3n) is 6.06. The second kappa shape index (κ2) is 7.66. The normalized spacial score (nSPS) is 15.7. The Bertz CT molecular complexity index is 1230. The minimum Gasteiger partial charge on any atom is -0.343 e. The molecule has 0 radical (unpaired) electrons. The van der Waals surface area contributed by atoms with Gasteiger partial charge in [0, 0.05) is 41.5 Å². The average Bonchev–Trinajstić information content (AvgIpc) is 3.24. The maximum atomic E-state index is 13.4. The molecule has 30 heavy (non-hydrogen) atoms. The quantitative estimate of drug-likeness (QED) is 0.366. The highest BCUT2D eigenvalue weighted by Crippen LogP contribution is 2.46. The van der Waals surface area contributed by atoms with Crippen molar-refractivity contribution in [3.8, 4) is 11.3 Å². The van der Waals surface area contributed by atoms with E-state index in [1.165, 1.54) is 16.5 Å². The highest BCUT2D eigenvalue weighted by molar-refractivity contribution is 6.17. The predicted octanol–water partition coefficient (Wildman–Crippen LogP) is 6.02. The monoisotopic (exact) mass is 414 g/mol. The van der Waals surface area contributed by atoms with Crippen LogP contribution < -0.4 is 0 Å². The number of aryl methyl sites for hydroxylation is 1. The van der Waals surface area contributed by atoms with Crippen LogP contribution in [-0.2, 0) is 7.05 Å². The van der Waals surface area contributed by atoms with Crippen molar-refractivity contribution in [2.45, 2.75) is 12.5 Å². The van der Waals surface area contributed by atoms with Crippen molar-refractivity contribution < 1.29 is 4.79 Å². The van der Waals surface area contributed by atoms with Crippen molar-refractivity contribution >= 4 is 28.4 Å². The van der Waals surface area contributed by atoms with Crippen LogP contribution in [0.25, 0.3) is 22.2 Å². The van der Waals surface area contributed by atoms with Crippen molar-refractivity contribution in [3.63, 3.8) is 0 Å². The summed E-state index contributed by atoms with van der Waals surface area (Å²) in [5.74, 6) is 0.626. The lowest BCUT2D eigenvalue weighted by Crippen LogP contribution is -2.30. The molecule has 1 atom stereocenters. The number of carbonyl (C=O) groups excluding carboxylic acids is 1. The zero-order valence-corrected chi connectivity index (χ0v) is 17.6. The molecule has 0 saturated heterocycles. The van der Waals surface area contributed by atoms with Gasteiger partial charge in [0.1, 0.15) is 0 Å². The molecular weight excluding hydrogens is 392 g/mol. The number of nitrogens with zero attached hydrogens (tertiary/aromatic N) is 2. The molecule has 150 valence electrons. The van der Waals surface area contributed by atoms with Gasteiger partial charge in [-0.3, -0.25) is 4.79 Å². The fourth-order valence-corrected chi connectivity index (χ4v) is 4.91. The molecule has 5 rings (SSSR count). The van der Waals surface area contributed by atoms with Gasteiger partial charge in [-0.15, -0.1) is 11.6 Å². The molecule has 3 nitrogen and oxygen atoms in total. The van der Waals surface area contributed by atoms with E-state index in [2.05, 4.69) is 66.2 Å². The van der Waals surface area contributed by atoms with E-state index in [1.54, 1.807) is 0 Å². The van der Waals surface area contributed by atoms with Gasteiger partial charge in [0.05, 0.1) is 11.7 Å². The highest BCUT2D eigenvalue weighted by atomic mass is 35.5. The number of alkyl halides is 1. The van der Waals surface area contributed by atoms with Crippen molar-refractivity contribution in [2.24, 2.45) is 7.05 Å². The van der Waals surface area contributed by atoms with Gasteiger partial charge in [-0.1, -0.05) is 66.7 Å². The van der Waals surface area contributed by atoms with Gasteiger partial charge in [0.15, 0.2) is 0 Å². The molecule has 1 aliphatic heterocycles. The first kappa shape index (κ1) is 19.0. The summed E-state index contributed by atoms with van der Waals surface area (Å²) in [6.45, 7) is 0.638. The molecule has 0 aliphatic carbocycles. The number of hydrogen-bond acceptors (Lipinski definition) is 1. The molecule has 0 spiro atoms. The Balaban J connectivity index is 1.82. The Labute approximate surface area is 181 Å². The van der Waals surface area contributed by atoms with Crippen LogP contribution in [0.15, 0.2) is 78.9 Å². The third kappa shape index (κ3) is 2.85. The summed E-state index contributed by atoms with van der Waals surface area (Å²) in [6, 6.07) is 26.8. The summed E-state index contributed by atoms with van der Waals surface area (Å²) in [6.07, 6.45) is 0.767. The van der Waals surface area contributed by atoms with Crippen LogP contribution in [0.2, 0.25) is 0 Å². The van der Waals surface area contributed by atoms with Gasteiger partial charge in [0.25, 0.3) is 5.91 Å². The van der Waals surface area contributed by atoms with E-state index >= 15 is 0 Å². The van der Waals surface area contributed by atoms with Crippen molar-refractivity contribution in [1.82, 2.24) is 9.47 Å². The molecule has 1 aromatic heterocycles. The van der Waals surface area contributed by atoms with Crippen molar-refractivity contribution in [1.29, 1.82) is 0 Å². The standard InChI is InChI=1S/C26H23ClN2O/c1-28-22-15-8-7-14-21(22)23(24(28)18-10-3-2-4-11-18)25-19-12-5-6-13-20(19)26(30)29(25)17-9-16-27/h2-8,10-15,25H,9,16-17H2,1H3. The summed E-state index contributed by atoms with van der Waals surface area (Å²) in [5, 5.41) is 1.18. The first-order chi connectivity index (χ1) is 14.7. The lowest BCUT2D eigenvalue weighted by Gasteiger charge is -2.27. The van der Waals surface area contributed by atoms with Crippen LogP contribution >= 0.6 is 11.6 Å². The number of halogens is 1. The van der Waals surface area contributed by atoms with Gasteiger partial charge < -0.3 is 9.47 Å². The van der Waals surface area contributed by atoms with Crippen LogP contribution in [0.4, 0.5) is 0 Å². The topological polar surface area (TPSA) is 25.2 Å². The minimum absolute atomic E-state index is 0.0904. The van der Waals surface area contributed by atoms with E-state index < -0.39 is 0 Å². The summed E-state index contributed by atoms with van der Waals surface area (Å²) in [5.41, 5.74) is 6.53. The number of para-hydroxylation sites is 1. The fourth-order valence-electron chi connectivity index (χ4n) is 4.79. The van der Waals surface area contributed by atoms with Crippen molar-refractivity contribution in [2.75, 3.05) is 12.4 Å². The number of amides is 1. The summed E-state index contributed by atoms with van der Waals surface area (Å²) in [7, 11) is 2.11. The number of benzene rings is 3. The number of aromatic nitrogens is 1. The predicted molar refractivity (Wildman–Crippen MR) is 123 cm³/mol. The first-order valence-electron chi connectivity index (χ1n) is 10.3. The Hall–Kier alpha value is -3.04. The Morgan fingerprint density at radius 2 is 1.60 bits per heavy atom. The lowest BCUT2D eigenvalue weighted by molar-refractivity contribution is 0.0751. The Morgan fingerprint density at radius 1 is 0.900 bits per heavy atom. The molecule has 1 unspecified atom stereocenters. The van der Waals surface area contributed by atoms with E-state index in [0.29, 0.717) is 12.4 Å². The maximum absolute atomic E-state index is 13.4. The Kier molecular flexibility index (Phi) is 4.84. The second-order valence-corrected chi connectivity index (χ2v) is 8.11. The van der Waals surface area contributed by atoms with Gasteiger partial charge >= 0.3 is 0 Å². The maximum Gasteiger partial charge on any atom is 0.255 e. The van der Waals surface area contributed by atoms with Crippen LogP contribution in [0.1, 0.15) is 33.9 Å². The Morgan fingerprint density at radius 3 is 2.40 bits per heavy atom. The van der Waals surface area contributed by atoms with E-state index in [0.717, 1.165) is 28.8 Å². The van der Waals surface area contributed by atoms with Crippen LogP contribution in [0, 0.1) is 0 Å². The number of hydrogen-bond donors (Lipinski definition) is 0. The van der Waals surface area contributed by atoms with Gasteiger partial charge in [-0.05, 0) is 29.7 Å². The van der Waals surface area contributed by atoms with E-state index in [1.807, 2.05) is 29.2 Å². The molecule has 0 saturated carbocycles. The highest BCUT2D eigenvalue weighted by Gasteiger charge is 2.40. The SMILES string of the molecule is Cn1c(-c2ccccc2)c(C2c3ccccc3C(=O)N2CCCCl)c2ccccc21. The van der Waals surface area contributed by atoms with E-state index in [4.69, 9.17) is 11.6 Å². The summed E-state index contributed by atoms with van der Waals surface area (Å²) < 4.78 is 2.26. The first-order valence-corrected chi connectivity index (χ1v) is 10.8. The number of carbonyl (C=O) groups is 1. The molecule has 4 aromatic rings. The lowest BCUT2D eigenvalue weighted by atomic mass is 9.93. The van der Waals surface area contributed by atoms with Gasteiger partial charge in [-0.25, -0.2) is 0 Å². The molecule has 0 N–H and O–H groups in total. The van der Waals surface area contributed by atoms with E-state index in [-0.39, 0.29) is 11.9 Å². The number of fused-ring (bicyclic) bond motifs is 2. The molecule has 1 aliphatic rings. The third-order valence-corrected chi connectivity index (χ3v) is 6.32. The zero-order valence-electron chi connectivity index (χ0n) is 16.9. The molecule has 3 aromatic carbocycles.